The molecule has 1 aromatic rings. The predicted octanol–water partition coefficient (Wildman–Crippen LogP) is 2.58. The van der Waals surface area contributed by atoms with Crippen molar-refractivity contribution in [2.75, 3.05) is 37.6 Å². The van der Waals surface area contributed by atoms with Crippen LogP contribution in [0.25, 0.3) is 0 Å². The third-order valence-corrected chi connectivity index (χ3v) is 4.56. The first-order valence-corrected chi connectivity index (χ1v) is 8.15. The van der Waals surface area contributed by atoms with Crippen molar-refractivity contribution in [1.29, 1.82) is 0 Å². The number of nitrogens with two attached hydrogens (primary N) is 1. The Labute approximate surface area is 131 Å². The average molecular weight is 307 g/mol. The van der Waals surface area contributed by atoms with Gasteiger partial charge in [-0.25, -0.2) is 0 Å². The topological polar surface area (TPSA) is 44.9 Å². The molecule has 5 heteroatoms. The van der Waals surface area contributed by atoms with Crippen LogP contribution < -0.4 is 10.6 Å². The summed E-state index contributed by atoms with van der Waals surface area (Å²) < 4.78 is 0. The van der Waals surface area contributed by atoms with E-state index in [1.807, 2.05) is 12.1 Å². The number of aliphatic imine (C=N–C) groups is 1. The summed E-state index contributed by atoms with van der Waals surface area (Å²) in [6.45, 7) is 4.69. The van der Waals surface area contributed by atoms with Gasteiger partial charge in [-0.15, -0.1) is 0 Å². The highest BCUT2D eigenvalue weighted by Crippen LogP contribution is 2.32. The van der Waals surface area contributed by atoms with Gasteiger partial charge >= 0.3 is 0 Å². The predicted molar refractivity (Wildman–Crippen MR) is 89.1 cm³/mol. The molecule has 0 atom stereocenters. The van der Waals surface area contributed by atoms with Crippen LogP contribution in [0.5, 0.6) is 0 Å². The molecule has 21 heavy (non-hydrogen) atoms. The van der Waals surface area contributed by atoms with Crippen molar-refractivity contribution >= 4 is 23.2 Å². The van der Waals surface area contributed by atoms with Crippen molar-refractivity contribution in [3.8, 4) is 0 Å². The molecule has 1 heterocycles. The lowest BCUT2D eigenvalue weighted by Gasteiger charge is -2.36. The molecule has 1 saturated heterocycles. The van der Waals surface area contributed by atoms with Gasteiger partial charge in [0.1, 0.15) is 0 Å². The molecule has 1 aliphatic heterocycles. The molecule has 3 rings (SSSR count). The number of hydrogen-bond donors (Lipinski definition) is 1. The minimum absolute atomic E-state index is 0.714. The van der Waals surface area contributed by atoms with Gasteiger partial charge < -0.3 is 15.5 Å². The van der Waals surface area contributed by atoms with Crippen LogP contribution in [0.4, 0.5) is 5.69 Å². The first-order chi connectivity index (χ1) is 10.2. The second-order valence-electron chi connectivity index (χ2n) is 5.92. The zero-order chi connectivity index (χ0) is 14.7. The lowest BCUT2D eigenvalue weighted by atomic mass is 10.2. The first-order valence-electron chi connectivity index (χ1n) is 7.78. The zero-order valence-corrected chi connectivity index (χ0v) is 13.1. The number of anilines is 1. The Bertz CT molecular complexity index is 488. The summed E-state index contributed by atoms with van der Waals surface area (Å²) in [5.41, 5.74) is 7.32. The van der Waals surface area contributed by atoms with Crippen molar-refractivity contribution in [2.45, 2.75) is 19.3 Å². The third kappa shape index (κ3) is 4.03. The van der Waals surface area contributed by atoms with E-state index in [9.17, 15) is 0 Å². The Morgan fingerprint density at radius 1 is 1.14 bits per heavy atom. The largest absolute Gasteiger partial charge is 0.370 e. The van der Waals surface area contributed by atoms with Crippen LogP contribution in [0, 0.1) is 5.92 Å². The molecule has 2 fully saturated rings. The van der Waals surface area contributed by atoms with Gasteiger partial charge in [0.2, 0.25) is 0 Å². The van der Waals surface area contributed by atoms with E-state index in [2.05, 4.69) is 26.9 Å². The summed E-state index contributed by atoms with van der Waals surface area (Å²) in [4.78, 5) is 9.08. The number of piperazine rings is 1. The van der Waals surface area contributed by atoms with E-state index in [4.69, 9.17) is 17.3 Å². The highest BCUT2D eigenvalue weighted by atomic mass is 35.5. The van der Waals surface area contributed by atoms with E-state index in [0.717, 1.165) is 43.7 Å². The highest BCUT2D eigenvalue weighted by Gasteiger charge is 2.21. The molecule has 1 aliphatic carbocycles. The van der Waals surface area contributed by atoms with Gasteiger partial charge in [-0.2, -0.15) is 0 Å². The molecule has 0 unspecified atom stereocenters. The van der Waals surface area contributed by atoms with Crippen LogP contribution in [-0.2, 0) is 0 Å². The quantitative estimate of drug-likeness (QED) is 0.687. The van der Waals surface area contributed by atoms with E-state index < -0.39 is 0 Å². The van der Waals surface area contributed by atoms with Crippen LogP contribution in [0.2, 0.25) is 5.02 Å². The van der Waals surface area contributed by atoms with Gasteiger partial charge in [0.15, 0.2) is 5.96 Å². The Balaban J connectivity index is 1.48. The molecule has 0 radical (unpaired) electrons. The Morgan fingerprint density at radius 2 is 1.81 bits per heavy atom. The van der Waals surface area contributed by atoms with Crippen molar-refractivity contribution in [3.05, 3.63) is 29.3 Å². The summed E-state index contributed by atoms with van der Waals surface area (Å²) >= 11 is 5.93. The number of hydrogen-bond acceptors (Lipinski definition) is 2. The number of benzene rings is 1. The normalized spacial score (nSPS) is 20.0. The average Bonchev–Trinajstić information content (AvgIpc) is 3.32. The van der Waals surface area contributed by atoms with E-state index in [1.54, 1.807) is 0 Å². The molecule has 0 amide bonds. The van der Waals surface area contributed by atoms with Gasteiger partial charge in [0.25, 0.3) is 0 Å². The number of halogens is 1. The summed E-state index contributed by atoms with van der Waals surface area (Å²) in [6, 6.07) is 8.03. The molecule has 1 saturated carbocycles. The fraction of sp³-hybridized carbons (Fsp3) is 0.562. The smallest absolute Gasteiger partial charge is 0.191 e. The fourth-order valence-corrected chi connectivity index (χ4v) is 2.84. The van der Waals surface area contributed by atoms with Crippen molar-refractivity contribution in [1.82, 2.24) is 4.90 Å². The Morgan fingerprint density at radius 3 is 2.43 bits per heavy atom. The molecule has 4 nitrogen and oxygen atoms in total. The SMILES string of the molecule is NC(=NCCC1CC1)N1CCN(c2ccc(Cl)cc2)CC1. The van der Waals surface area contributed by atoms with E-state index in [1.165, 1.54) is 24.9 Å². The molecule has 2 N–H and O–H groups in total. The van der Waals surface area contributed by atoms with Crippen molar-refractivity contribution < 1.29 is 0 Å². The minimum Gasteiger partial charge on any atom is -0.370 e. The molecule has 0 bridgehead atoms. The molecule has 0 aromatic heterocycles. The molecule has 114 valence electrons. The van der Waals surface area contributed by atoms with Crippen LogP contribution in [-0.4, -0.2) is 43.6 Å². The molecule has 1 aromatic carbocycles. The van der Waals surface area contributed by atoms with Gasteiger partial charge in [0.05, 0.1) is 0 Å². The minimum atomic E-state index is 0.714. The van der Waals surface area contributed by atoms with E-state index in [-0.39, 0.29) is 0 Å². The first kappa shape index (κ1) is 14.5. The van der Waals surface area contributed by atoms with E-state index in [0.29, 0.717) is 5.96 Å². The van der Waals surface area contributed by atoms with Crippen LogP contribution in [0.3, 0.4) is 0 Å². The summed E-state index contributed by atoms with van der Waals surface area (Å²) in [5, 5.41) is 0.782. The second kappa shape index (κ2) is 6.56. The highest BCUT2D eigenvalue weighted by molar-refractivity contribution is 6.30. The number of nitrogens with zero attached hydrogens (tertiary/aromatic N) is 3. The van der Waals surface area contributed by atoms with Gasteiger partial charge in [0, 0.05) is 43.4 Å². The molecular weight excluding hydrogens is 284 g/mol. The maximum atomic E-state index is 6.10. The molecular formula is C16H23ClN4. The lowest BCUT2D eigenvalue weighted by Crippen LogP contribution is -2.51. The second-order valence-corrected chi connectivity index (χ2v) is 6.36. The molecule has 2 aliphatic rings. The monoisotopic (exact) mass is 306 g/mol. The maximum Gasteiger partial charge on any atom is 0.191 e. The zero-order valence-electron chi connectivity index (χ0n) is 12.3. The summed E-state index contributed by atoms with van der Waals surface area (Å²) in [5.74, 6) is 1.63. The number of rotatable bonds is 4. The standard InChI is InChI=1S/C16H23ClN4/c17-14-3-5-15(6-4-14)20-9-11-21(12-10-20)16(18)19-8-7-13-1-2-13/h3-6,13H,1-2,7-12H2,(H2,18,19). The van der Waals surface area contributed by atoms with Crippen molar-refractivity contribution in [3.63, 3.8) is 0 Å². The summed E-state index contributed by atoms with van der Waals surface area (Å²) in [7, 11) is 0. The Hall–Kier alpha value is -1.42. The van der Waals surface area contributed by atoms with Crippen LogP contribution >= 0.6 is 11.6 Å². The van der Waals surface area contributed by atoms with Gasteiger partial charge in [-0.1, -0.05) is 24.4 Å². The van der Waals surface area contributed by atoms with Crippen LogP contribution in [0.1, 0.15) is 19.3 Å². The summed E-state index contributed by atoms with van der Waals surface area (Å²) in [6.07, 6.45) is 3.97. The van der Waals surface area contributed by atoms with Crippen molar-refractivity contribution in [2.24, 2.45) is 16.6 Å². The third-order valence-electron chi connectivity index (χ3n) is 4.30. The van der Waals surface area contributed by atoms with E-state index >= 15 is 0 Å². The maximum absolute atomic E-state index is 6.10. The Kier molecular flexibility index (Phi) is 4.54. The molecule has 0 spiro atoms. The van der Waals surface area contributed by atoms with Gasteiger partial charge in [-0.3, -0.25) is 4.99 Å². The van der Waals surface area contributed by atoms with Gasteiger partial charge in [-0.05, 0) is 36.6 Å². The number of guanidine groups is 1. The van der Waals surface area contributed by atoms with Crippen LogP contribution in [0.15, 0.2) is 29.3 Å². The lowest BCUT2D eigenvalue weighted by molar-refractivity contribution is 0.380. The fourth-order valence-electron chi connectivity index (χ4n) is 2.71.